The maximum absolute atomic E-state index is 14.1. The number of carbonyl (C=O) groups is 1. The molecule has 2 aromatic carbocycles. The van der Waals surface area contributed by atoms with Crippen LogP contribution in [0.25, 0.3) is 5.65 Å². The zero-order valence-electron chi connectivity index (χ0n) is 24.3. The van der Waals surface area contributed by atoms with Gasteiger partial charge in [-0.1, -0.05) is 51.0 Å². The number of Topliss-reactive ketones (excluding diaryl/α,β-unsaturated/α-hetero) is 1. The molecule has 218 valence electrons. The topological polar surface area (TPSA) is 53.7 Å². The molecule has 0 amide bonds. The van der Waals surface area contributed by atoms with Crippen LogP contribution in [0, 0.1) is 11.8 Å². The van der Waals surface area contributed by atoms with Gasteiger partial charge in [-0.3, -0.25) is 9.69 Å². The number of nitrogens with zero attached hydrogens (tertiary/aromatic N) is 5. The number of carbonyl (C=O) groups excluding carboxylic acids is 1. The van der Waals surface area contributed by atoms with E-state index in [1.54, 1.807) is 41.2 Å². The van der Waals surface area contributed by atoms with Crippen molar-refractivity contribution in [2.24, 2.45) is 0 Å². The molecule has 0 atom stereocenters. The van der Waals surface area contributed by atoms with E-state index >= 15 is 0 Å². The van der Waals surface area contributed by atoms with Crippen LogP contribution in [-0.2, 0) is 24.6 Å². The highest BCUT2D eigenvalue weighted by atomic mass is 19.4. The molecule has 5 rings (SSSR count). The van der Waals surface area contributed by atoms with E-state index in [1.165, 1.54) is 6.07 Å². The van der Waals surface area contributed by atoms with Gasteiger partial charge in [0, 0.05) is 56.5 Å². The van der Waals surface area contributed by atoms with Gasteiger partial charge in [0.1, 0.15) is 5.69 Å². The molecule has 0 saturated carbocycles. The lowest BCUT2D eigenvalue weighted by molar-refractivity contribution is -0.138. The van der Waals surface area contributed by atoms with E-state index in [4.69, 9.17) is 0 Å². The van der Waals surface area contributed by atoms with Crippen molar-refractivity contribution >= 4 is 11.4 Å². The summed E-state index contributed by atoms with van der Waals surface area (Å²) >= 11 is 0. The Hall–Kier alpha value is -4.00. The smallest absolute Gasteiger partial charge is 0.304 e. The largest absolute Gasteiger partial charge is 0.416 e. The first-order valence-corrected chi connectivity index (χ1v) is 14.0. The zero-order valence-corrected chi connectivity index (χ0v) is 24.3. The van der Waals surface area contributed by atoms with Crippen LogP contribution in [0.3, 0.4) is 0 Å². The highest BCUT2D eigenvalue weighted by Gasteiger charge is 2.34. The molecule has 0 aliphatic carbocycles. The van der Waals surface area contributed by atoms with Crippen LogP contribution in [0.4, 0.5) is 13.2 Å². The summed E-state index contributed by atoms with van der Waals surface area (Å²) in [6.07, 6.45) is -1.35. The molecule has 3 heterocycles. The molecule has 0 bridgehead atoms. The molecule has 1 aliphatic heterocycles. The summed E-state index contributed by atoms with van der Waals surface area (Å²) in [4.78, 5) is 21.9. The molecular weight excluding hydrogens is 539 g/mol. The van der Waals surface area contributed by atoms with Crippen molar-refractivity contribution in [3.63, 3.8) is 0 Å². The van der Waals surface area contributed by atoms with Crippen molar-refractivity contribution in [1.82, 2.24) is 24.4 Å². The molecule has 4 aromatic rings. The van der Waals surface area contributed by atoms with Crippen LogP contribution in [0.5, 0.6) is 0 Å². The second-order valence-corrected chi connectivity index (χ2v) is 11.9. The van der Waals surface area contributed by atoms with E-state index in [0.717, 1.165) is 37.8 Å². The normalized spacial score (nSPS) is 15.0. The highest BCUT2D eigenvalue weighted by molar-refractivity contribution is 5.98. The van der Waals surface area contributed by atoms with Crippen LogP contribution in [-0.4, -0.2) is 63.4 Å². The summed E-state index contributed by atoms with van der Waals surface area (Å²) in [6.45, 7) is 9.51. The molecule has 1 aliphatic rings. The van der Waals surface area contributed by atoms with Gasteiger partial charge in [0.05, 0.1) is 11.8 Å². The Labute approximate surface area is 244 Å². The maximum Gasteiger partial charge on any atom is 0.416 e. The van der Waals surface area contributed by atoms with Crippen molar-refractivity contribution in [2.75, 3.05) is 33.2 Å². The number of halogens is 3. The Morgan fingerprint density at radius 1 is 0.952 bits per heavy atom. The van der Waals surface area contributed by atoms with Gasteiger partial charge in [0.25, 0.3) is 0 Å². The Balaban J connectivity index is 1.41. The van der Waals surface area contributed by atoms with E-state index in [1.807, 2.05) is 24.1 Å². The van der Waals surface area contributed by atoms with Crippen LogP contribution in [0.1, 0.15) is 64.6 Å². The molecule has 0 unspecified atom stereocenters. The summed E-state index contributed by atoms with van der Waals surface area (Å²) in [6, 6.07) is 13.3. The first kappa shape index (κ1) is 29.5. The predicted octanol–water partition coefficient (Wildman–Crippen LogP) is 5.62. The molecule has 0 spiro atoms. The lowest BCUT2D eigenvalue weighted by Crippen LogP contribution is -2.44. The fourth-order valence-corrected chi connectivity index (χ4v) is 5.19. The molecule has 9 heteroatoms. The number of hydrogen-bond acceptors (Lipinski definition) is 5. The Kier molecular flexibility index (Phi) is 8.22. The summed E-state index contributed by atoms with van der Waals surface area (Å²) in [5.41, 5.74) is 2.97. The number of benzene rings is 2. The van der Waals surface area contributed by atoms with E-state index in [-0.39, 0.29) is 29.7 Å². The Morgan fingerprint density at radius 3 is 2.43 bits per heavy atom. The molecular formula is C33H34F3N5O. The van der Waals surface area contributed by atoms with Crippen molar-refractivity contribution in [2.45, 2.75) is 45.3 Å². The number of hydrogen-bond donors (Lipinski definition) is 0. The molecule has 0 radical (unpaired) electrons. The van der Waals surface area contributed by atoms with Gasteiger partial charge in [-0.15, -0.1) is 0 Å². The van der Waals surface area contributed by atoms with Crippen molar-refractivity contribution in [3.05, 3.63) is 100.0 Å². The fourth-order valence-electron chi connectivity index (χ4n) is 5.19. The first-order chi connectivity index (χ1) is 19.9. The third kappa shape index (κ3) is 6.72. The first-order valence-electron chi connectivity index (χ1n) is 14.0. The zero-order chi connectivity index (χ0) is 30.1. The van der Waals surface area contributed by atoms with Gasteiger partial charge in [-0.05, 0) is 59.3 Å². The SMILES string of the molecule is CN1CCN(Cc2ccc(CC(=O)c3ccc(C(C)(C)C)c(C#Cc4cnc5cccnn45)c3)cc2C(F)(F)F)CC1. The van der Waals surface area contributed by atoms with Gasteiger partial charge in [0.15, 0.2) is 11.4 Å². The van der Waals surface area contributed by atoms with E-state index in [2.05, 4.69) is 47.6 Å². The third-order valence-corrected chi connectivity index (χ3v) is 7.59. The summed E-state index contributed by atoms with van der Waals surface area (Å²) in [5.74, 6) is 6.05. The minimum atomic E-state index is -4.51. The minimum Gasteiger partial charge on any atom is -0.304 e. The molecule has 2 aromatic heterocycles. The molecule has 1 fully saturated rings. The molecule has 6 nitrogen and oxygen atoms in total. The lowest BCUT2D eigenvalue weighted by atomic mass is 9.82. The molecule has 1 saturated heterocycles. The summed E-state index contributed by atoms with van der Waals surface area (Å²) in [7, 11) is 2.01. The highest BCUT2D eigenvalue weighted by Crippen LogP contribution is 2.34. The quantitative estimate of drug-likeness (QED) is 0.229. The van der Waals surface area contributed by atoms with Crippen LogP contribution < -0.4 is 0 Å². The number of likely N-dealkylation sites (N-methyl/N-ethyl adjacent to an activating group) is 1. The standard InChI is InChI=1S/C33H34F3N5O/c1-32(2,3)28-12-10-25(20-24(28)9-11-27-21-37-31-6-5-13-38-41(27)31)30(42)19-23-7-8-26(29(18-23)33(34,35)36)22-40-16-14-39(4)15-17-40/h5-8,10,12-13,18,20-21H,14-17,19,22H2,1-4H3. The monoisotopic (exact) mass is 573 g/mol. The van der Waals surface area contributed by atoms with Crippen LogP contribution >= 0.6 is 0 Å². The third-order valence-electron chi connectivity index (χ3n) is 7.59. The van der Waals surface area contributed by atoms with Crippen LogP contribution in [0.2, 0.25) is 0 Å². The average Bonchev–Trinajstić information content (AvgIpc) is 3.36. The van der Waals surface area contributed by atoms with E-state index in [0.29, 0.717) is 28.0 Å². The number of piperazine rings is 1. The minimum absolute atomic E-state index is 0.142. The van der Waals surface area contributed by atoms with Crippen molar-refractivity contribution in [1.29, 1.82) is 0 Å². The molecule has 0 N–H and O–H groups in total. The Bertz CT molecular complexity index is 1660. The number of fused-ring (bicyclic) bond motifs is 1. The van der Waals surface area contributed by atoms with Crippen molar-refractivity contribution in [3.8, 4) is 11.8 Å². The van der Waals surface area contributed by atoms with Gasteiger partial charge >= 0.3 is 6.18 Å². The number of ketones is 1. The fraction of sp³-hybridized carbons (Fsp3) is 0.364. The van der Waals surface area contributed by atoms with Gasteiger partial charge in [0.2, 0.25) is 0 Å². The van der Waals surface area contributed by atoms with Gasteiger partial charge in [-0.25, -0.2) is 9.50 Å². The summed E-state index contributed by atoms with van der Waals surface area (Å²) in [5, 5.41) is 4.30. The second kappa shape index (κ2) is 11.7. The summed E-state index contributed by atoms with van der Waals surface area (Å²) < 4.78 is 43.9. The van der Waals surface area contributed by atoms with Crippen molar-refractivity contribution < 1.29 is 18.0 Å². The number of rotatable bonds is 5. The van der Waals surface area contributed by atoms with Gasteiger partial charge in [-0.2, -0.15) is 18.3 Å². The second-order valence-electron chi connectivity index (χ2n) is 11.9. The van der Waals surface area contributed by atoms with Gasteiger partial charge < -0.3 is 4.90 Å². The molecule has 42 heavy (non-hydrogen) atoms. The number of imidazole rings is 1. The van der Waals surface area contributed by atoms with E-state index < -0.39 is 11.7 Å². The van der Waals surface area contributed by atoms with Crippen LogP contribution in [0.15, 0.2) is 60.9 Å². The van der Waals surface area contributed by atoms with E-state index in [9.17, 15) is 18.0 Å². The number of alkyl halides is 3. The maximum atomic E-state index is 14.1. The number of aromatic nitrogens is 3. The lowest BCUT2D eigenvalue weighted by Gasteiger charge is -2.33. The average molecular weight is 574 g/mol. The predicted molar refractivity (Wildman–Crippen MR) is 156 cm³/mol. The Morgan fingerprint density at radius 2 is 1.71 bits per heavy atom.